The van der Waals surface area contributed by atoms with Crippen LogP contribution in [0.1, 0.15) is 78.6 Å². The molecule has 35 heavy (non-hydrogen) atoms. The Morgan fingerprint density at radius 1 is 1.20 bits per heavy atom. The number of nitrogens with zero attached hydrogens (tertiary/aromatic N) is 2. The predicted molar refractivity (Wildman–Crippen MR) is 132 cm³/mol. The summed E-state index contributed by atoms with van der Waals surface area (Å²) in [4.78, 5) is 44.6. The van der Waals surface area contributed by atoms with Crippen LogP contribution in [-0.2, 0) is 23.9 Å². The molecule has 8 heteroatoms. The van der Waals surface area contributed by atoms with Crippen molar-refractivity contribution in [3.63, 3.8) is 0 Å². The molecule has 3 fully saturated rings. The first kappa shape index (κ1) is 27.7. The summed E-state index contributed by atoms with van der Waals surface area (Å²) >= 11 is 0. The Kier molecular flexibility index (Phi) is 9.38. The molecular formula is C27H44N2O6. The number of fused-ring (bicyclic) bond motifs is 1. The van der Waals surface area contributed by atoms with E-state index in [1.54, 1.807) is 22.8 Å². The Morgan fingerprint density at radius 3 is 2.60 bits per heavy atom. The molecular weight excluding hydrogens is 448 g/mol. The molecule has 2 amide bonds. The molecule has 2 bridgehead atoms. The molecule has 3 heterocycles. The first-order valence-electron chi connectivity index (χ1n) is 13.5. The van der Waals surface area contributed by atoms with E-state index < -0.39 is 35.0 Å². The summed E-state index contributed by atoms with van der Waals surface area (Å²) in [5.74, 6) is -2.09. The number of esters is 1. The number of aliphatic hydroxyl groups excluding tert-OH is 1. The lowest BCUT2D eigenvalue weighted by Crippen LogP contribution is -2.56. The van der Waals surface area contributed by atoms with Crippen molar-refractivity contribution >= 4 is 17.8 Å². The van der Waals surface area contributed by atoms with Gasteiger partial charge < -0.3 is 24.4 Å². The molecule has 3 aliphatic heterocycles. The molecule has 0 aliphatic carbocycles. The highest BCUT2D eigenvalue weighted by atomic mass is 16.6. The van der Waals surface area contributed by atoms with E-state index in [0.29, 0.717) is 32.5 Å². The normalized spacial score (nSPS) is 31.0. The lowest BCUT2D eigenvalue weighted by molar-refractivity contribution is -0.160. The van der Waals surface area contributed by atoms with Crippen molar-refractivity contribution in [3.05, 3.63) is 12.7 Å². The summed E-state index contributed by atoms with van der Waals surface area (Å²) in [6, 6.07) is -0.749. The van der Waals surface area contributed by atoms with Gasteiger partial charge in [-0.3, -0.25) is 14.4 Å². The number of rotatable bonds is 15. The summed E-state index contributed by atoms with van der Waals surface area (Å²) in [5, 5.41) is 9.08. The van der Waals surface area contributed by atoms with E-state index in [4.69, 9.17) is 14.6 Å². The van der Waals surface area contributed by atoms with Gasteiger partial charge in [0.25, 0.3) is 0 Å². The van der Waals surface area contributed by atoms with Crippen molar-refractivity contribution in [3.8, 4) is 0 Å². The number of amides is 2. The molecule has 3 saturated heterocycles. The summed E-state index contributed by atoms with van der Waals surface area (Å²) in [6.07, 6.45) is 9.05. The third kappa shape index (κ3) is 5.15. The SMILES string of the molecule is C=CCN(CCCCC)C(=O)C1N(CCCCCCO)C(=O)[C@@H]2[C@H](C(=O)OCC)[C@]3(C)CCC12O3. The maximum Gasteiger partial charge on any atom is 0.312 e. The van der Waals surface area contributed by atoms with Crippen LogP contribution in [0.4, 0.5) is 0 Å². The van der Waals surface area contributed by atoms with Crippen molar-refractivity contribution < 1.29 is 29.0 Å². The number of aliphatic hydroxyl groups is 1. The van der Waals surface area contributed by atoms with Gasteiger partial charge in [0.15, 0.2) is 0 Å². The number of unbranched alkanes of at least 4 members (excludes halogenated alkanes) is 5. The Bertz CT molecular complexity index is 788. The molecule has 8 nitrogen and oxygen atoms in total. The minimum absolute atomic E-state index is 0.110. The van der Waals surface area contributed by atoms with Gasteiger partial charge in [-0.05, 0) is 46.0 Å². The zero-order chi connectivity index (χ0) is 25.6. The molecule has 0 saturated carbocycles. The van der Waals surface area contributed by atoms with Crippen LogP contribution >= 0.6 is 0 Å². The van der Waals surface area contributed by atoms with E-state index in [0.717, 1.165) is 44.9 Å². The van der Waals surface area contributed by atoms with Gasteiger partial charge in [0.05, 0.1) is 18.1 Å². The first-order chi connectivity index (χ1) is 16.8. The molecule has 3 aliphatic rings. The van der Waals surface area contributed by atoms with Gasteiger partial charge in [-0.25, -0.2) is 0 Å². The number of hydrogen-bond acceptors (Lipinski definition) is 6. The Balaban J connectivity index is 1.94. The van der Waals surface area contributed by atoms with Crippen LogP contribution in [0.15, 0.2) is 12.7 Å². The Labute approximate surface area is 210 Å². The minimum atomic E-state index is -1.00. The third-order valence-electron chi connectivity index (χ3n) is 8.05. The largest absolute Gasteiger partial charge is 0.466 e. The number of carbonyl (C=O) groups is 3. The lowest BCUT2D eigenvalue weighted by Gasteiger charge is -2.37. The van der Waals surface area contributed by atoms with E-state index in [2.05, 4.69) is 13.5 Å². The van der Waals surface area contributed by atoms with Crippen LogP contribution in [0.5, 0.6) is 0 Å². The van der Waals surface area contributed by atoms with Crippen molar-refractivity contribution in [1.29, 1.82) is 0 Å². The van der Waals surface area contributed by atoms with Crippen LogP contribution in [-0.4, -0.2) is 82.8 Å². The standard InChI is InChI=1S/C27H44N2O6/c1-5-8-11-17-28(16-6-2)24(32)22-27-15-14-26(4,35-27)21(25(33)34-7-3)20(27)23(31)29(22)18-12-9-10-13-19-30/h6,20-22,30H,2,5,7-19H2,1,3-4H3/t20-,21+,22?,26-,27?/m0/s1. The molecule has 198 valence electrons. The van der Waals surface area contributed by atoms with Crippen LogP contribution in [0.25, 0.3) is 0 Å². The third-order valence-corrected chi connectivity index (χ3v) is 8.05. The van der Waals surface area contributed by atoms with E-state index in [-0.39, 0.29) is 25.0 Å². The van der Waals surface area contributed by atoms with Crippen LogP contribution < -0.4 is 0 Å². The zero-order valence-corrected chi connectivity index (χ0v) is 21.8. The van der Waals surface area contributed by atoms with Crippen LogP contribution in [0.3, 0.4) is 0 Å². The van der Waals surface area contributed by atoms with Crippen molar-refractivity contribution in [1.82, 2.24) is 9.80 Å². The molecule has 1 spiro atoms. The second-order valence-electron chi connectivity index (χ2n) is 10.4. The Hall–Kier alpha value is -1.93. The monoisotopic (exact) mass is 492 g/mol. The van der Waals surface area contributed by atoms with Gasteiger partial charge >= 0.3 is 5.97 Å². The molecule has 3 rings (SSSR count). The van der Waals surface area contributed by atoms with Gasteiger partial charge in [0, 0.05) is 26.2 Å². The number of ether oxygens (including phenoxy) is 2. The molecule has 5 atom stereocenters. The molecule has 2 unspecified atom stereocenters. The molecule has 0 aromatic heterocycles. The molecule has 0 radical (unpaired) electrons. The molecule has 1 N–H and O–H groups in total. The van der Waals surface area contributed by atoms with E-state index >= 15 is 0 Å². The summed E-state index contributed by atoms with van der Waals surface area (Å²) in [5.41, 5.74) is -1.81. The highest BCUT2D eigenvalue weighted by Gasteiger charge is 2.78. The van der Waals surface area contributed by atoms with Gasteiger partial charge in [-0.1, -0.05) is 38.7 Å². The maximum atomic E-state index is 14.1. The second-order valence-corrected chi connectivity index (χ2v) is 10.4. The fraction of sp³-hybridized carbons (Fsp3) is 0.815. The average Bonchev–Trinajstić information content (AvgIpc) is 3.39. The highest BCUT2D eigenvalue weighted by Crippen LogP contribution is 2.63. The van der Waals surface area contributed by atoms with E-state index in [1.807, 2.05) is 6.92 Å². The maximum absolute atomic E-state index is 14.1. The average molecular weight is 493 g/mol. The van der Waals surface area contributed by atoms with Gasteiger partial charge in [0.2, 0.25) is 11.8 Å². The molecule has 0 aromatic rings. The summed E-state index contributed by atoms with van der Waals surface area (Å²) in [7, 11) is 0. The van der Waals surface area contributed by atoms with Gasteiger partial charge in [-0.2, -0.15) is 0 Å². The quantitative estimate of drug-likeness (QED) is 0.214. The number of hydrogen-bond donors (Lipinski definition) is 1. The van der Waals surface area contributed by atoms with Crippen molar-refractivity contribution in [2.75, 3.05) is 32.8 Å². The fourth-order valence-electron chi connectivity index (χ4n) is 6.46. The second kappa shape index (κ2) is 11.9. The topological polar surface area (TPSA) is 96.4 Å². The van der Waals surface area contributed by atoms with E-state index in [9.17, 15) is 14.4 Å². The zero-order valence-electron chi connectivity index (χ0n) is 21.8. The summed E-state index contributed by atoms with van der Waals surface area (Å²) < 4.78 is 12.0. The first-order valence-corrected chi connectivity index (χ1v) is 13.5. The summed E-state index contributed by atoms with van der Waals surface area (Å²) in [6.45, 7) is 11.5. The van der Waals surface area contributed by atoms with Gasteiger partial charge in [0.1, 0.15) is 17.6 Å². The Morgan fingerprint density at radius 2 is 1.94 bits per heavy atom. The van der Waals surface area contributed by atoms with Crippen molar-refractivity contribution in [2.45, 2.75) is 95.8 Å². The number of likely N-dealkylation sites (tertiary alicyclic amines) is 1. The van der Waals surface area contributed by atoms with Crippen LogP contribution in [0.2, 0.25) is 0 Å². The lowest BCUT2D eigenvalue weighted by atomic mass is 9.66. The van der Waals surface area contributed by atoms with Crippen LogP contribution in [0, 0.1) is 11.8 Å². The number of carbonyl (C=O) groups excluding carboxylic acids is 3. The van der Waals surface area contributed by atoms with E-state index in [1.165, 1.54) is 0 Å². The predicted octanol–water partition coefficient (Wildman–Crippen LogP) is 3.07. The minimum Gasteiger partial charge on any atom is -0.466 e. The molecule has 0 aromatic carbocycles. The highest BCUT2D eigenvalue weighted by molar-refractivity contribution is 5.98. The van der Waals surface area contributed by atoms with Gasteiger partial charge in [-0.15, -0.1) is 6.58 Å². The fourth-order valence-corrected chi connectivity index (χ4v) is 6.46. The smallest absolute Gasteiger partial charge is 0.312 e. The van der Waals surface area contributed by atoms with Crippen molar-refractivity contribution in [2.24, 2.45) is 11.8 Å².